The highest BCUT2D eigenvalue weighted by molar-refractivity contribution is 6.39. The summed E-state index contributed by atoms with van der Waals surface area (Å²) in [6.45, 7) is 18.1. The fraction of sp³-hybridized carbons (Fsp3) is 0.792. The predicted octanol–water partition coefficient (Wildman–Crippen LogP) is 5.22. The Labute approximate surface area is 411 Å². The summed E-state index contributed by atoms with van der Waals surface area (Å²) in [7, 11) is 6.78. The average Bonchev–Trinajstić information content (AvgIpc) is 3.32. The number of esters is 2. The van der Waals surface area contributed by atoms with Crippen LogP contribution >= 0.6 is 0 Å². The number of rotatable bonds is 12. The van der Waals surface area contributed by atoms with Crippen molar-refractivity contribution in [1.29, 1.82) is 0 Å². The quantitative estimate of drug-likeness (QED) is 0.147. The smallest absolute Gasteiger partial charge is 0.329 e. The number of likely N-dealkylation sites (N-methyl/N-ethyl adjacent to an activating group) is 1. The van der Waals surface area contributed by atoms with E-state index < -0.39 is 77.9 Å². The molecule has 0 spiro atoms. The highest BCUT2D eigenvalue weighted by atomic mass is 16.7. The maximum atomic E-state index is 14.6. The molecule has 2 bridgehead atoms. The summed E-state index contributed by atoms with van der Waals surface area (Å²) in [5, 5.41) is 24.0. The van der Waals surface area contributed by atoms with E-state index in [4.69, 9.17) is 28.4 Å². The summed E-state index contributed by atoms with van der Waals surface area (Å²) in [5.41, 5.74) is 1.16. The Morgan fingerprint density at radius 1 is 0.884 bits per heavy atom. The van der Waals surface area contributed by atoms with Crippen LogP contribution in [-0.2, 0) is 52.4 Å². The molecule has 0 aromatic carbocycles. The second-order valence-electron chi connectivity index (χ2n) is 21.0. The minimum Gasteiger partial charge on any atom is -0.460 e. The Bertz CT molecular complexity index is 1820. The van der Waals surface area contributed by atoms with Crippen LogP contribution in [0.5, 0.6) is 0 Å². The molecule has 4 heterocycles. The van der Waals surface area contributed by atoms with Gasteiger partial charge in [-0.25, -0.2) is 4.79 Å². The highest BCUT2D eigenvalue weighted by Crippen LogP contribution is 2.39. The van der Waals surface area contributed by atoms with E-state index in [0.717, 1.165) is 39.1 Å². The zero-order valence-electron chi connectivity index (χ0n) is 43.1. The molecule has 0 radical (unpaired) electrons. The monoisotopic (exact) mass is 972 g/mol. The summed E-state index contributed by atoms with van der Waals surface area (Å²) in [6, 6.07) is -1.17. The van der Waals surface area contributed by atoms with Gasteiger partial charge in [0.2, 0.25) is 5.79 Å². The van der Waals surface area contributed by atoms with Crippen LogP contribution in [0.4, 0.5) is 0 Å². The molecular weight excluding hydrogens is 887 g/mol. The first-order valence-corrected chi connectivity index (χ1v) is 25.7. The zero-order chi connectivity index (χ0) is 50.6. The van der Waals surface area contributed by atoms with E-state index in [1.807, 2.05) is 26.0 Å². The molecule has 390 valence electrons. The summed E-state index contributed by atoms with van der Waals surface area (Å²) >= 11 is 0. The number of hydrogen-bond donors (Lipinski definition) is 2. The summed E-state index contributed by atoms with van der Waals surface area (Å²) < 4.78 is 36.3. The first-order valence-electron chi connectivity index (χ1n) is 25.7. The number of ether oxygens (including phenoxy) is 6. The molecule has 16 nitrogen and oxygen atoms in total. The molecule has 1 saturated carbocycles. The van der Waals surface area contributed by atoms with Crippen LogP contribution in [0.15, 0.2) is 36.0 Å². The summed E-state index contributed by atoms with van der Waals surface area (Å²) in [6.07, 6.45) is 5.93. The highest BCUT2D eigenvalue weighted by Gasteiger charge is 2.56. The molecule has 0 aromatic rings. The molecular formula is C53H85N3O13. The number of cyclic esters (lactones) is 1. The topological polar surface area (TPSA) is 191 Å². The number of allylic oxidation sites excluding steroid dienone is 4. The number of piperazine rings is 1. The third-order valence-corrected chi connectivity index (χ3v) is 15.6. The van der Waals surface area contributed by atoms with Gasteiger partial charge in [-0.1, -0.05) is 45.9 Å². The van der Waals surface area contributed by atoms with Crippen molar-refractivity contribution >= 4 is 29.4 Å². The van der Waals surface area contributed by atoms with Crippen molar-refractivity contribution in [3.8, 4) is 0 Å². The second kappa shape index (κ2) is 26.4. The van der Waals surface area contributed by atoms with Crippen LogP contribution in [0.25, 0.3) is 0 Å². The van der Waals surface area contributed by atoms with E-state index in [0.29, 0.717) is 68.9 Å². The van der Waals surface area contributed by atoms with E-state index in [2.05, 4.69) is 30.4 Å². The van der Waals surface area contributed by atoms with Crippen molar-refractivity contribution in [2.75, 3.05) is 67.6 Å². The van der Waals surface area contributed by atoms with Gasteiger partial charge in [0.15, 0.2) is 5.78 Å². The van der Waals surface area contributed by atoms with E-state index in [-0.39, 0.29) is 61.4 Å². The van der Waals surface area contributed by atoms with E-state index in [1.54, 1.807) is 27.0 Å². The Hall–Kier alpha value is -3.35. The van der Waals surface area contributed by atoms with Gasteiger partial charge in [-0.15, -0.1) is 6.58 Å². The lowest BCUT2D eigenvalue weighted by atomic mass is 9.81. The van der Waals surface area contributed by atoms with Gasteiger partial charge in [0.1, 0.15) is 24.4 Å². The van der Waals surface area contributed by atoms with Crippen molar-refractivity contribution in [3.05, 3.63) is 36.0 Å². The molecule has 5 rings (SSSR count). The number of nitrogens with zero attached hydrogens (tertiary/aromatic N) is 3. The van der Waals surface area contributed by atoms with Gasteiger partial charge in [0.05, 0.1) is 24.4 Å². The number of hydrogen-bond acceptors (Lipinski definition) is 15. The number of fused-ring (bicyclic) bond motifs is 3. The van der Waals surface area contributed by atoms with Gasteiger partial charge in [-0.05, 0) is 120 Å². The number of Topliss-reactive ketones (excluding diaryl/α,β-unsaturated/α-hetero) is 2. The zero-order valence-corrected chi connectivity index (χ0v) is 43.1. The van der Waals surface area contributed by atoms with Crippen LogP contribution in [0.1, 0.15) is 118 Å². The van der Waals surface area contributed by atoms with Gasteiger partial charge in [-0.3, -0.25) is 19.2 Å². The maximum absolute atomic E-state index is 14.6. The van der Waals surface area contributed by atoms with Crippen molar-refractivity contribution in [2.45, 2.75) is 173 Å². The SMILES string of the molecule is C=CC/C1=C\C(C)C[C@H](C)C[C@H](OC)[C@H]2O[C@@](O)(C(=O)C(=O)N3CCCCC3C(=O)O[C@H](C(C)=C[C@@H]3CC[C@@H](OC(=O)CCCN4CCN(C)CC4)[C@H](OC)C3)[C@H](C)[C@@H](O)CC1=O)[C@H](C)C[C@@H]2OC. The molecule has 0 aromatic heterocycles. The average molecular weight is 972 g/mol. The van der Waals surface area contributed by atoms with Gasteiger partial charge in [0, 0.05) is 78.7 Å². The lowest BCUT2D eigenvalue weighted by molar-refractivity contribution is -0.302. The van der Waals surface area contributed by atoms with Gasteiger partial charge in [-0.2, -0.15) is 0 Å². The molecule has 1 amide bonds. The van der Waals surface area contributed by atoms with Crippen LogP contribution in [0, 0.1) is 29.6 Å². The standard InChI is InChI=1S/C53H85N3O13/c1-11-15-39-27-33(2)26-34(3)28-45(65-9)49-46(66-10)30-36(5)53(63,69-49)50(60)51(61)56-21-13-12-16-40(56)52(62)68-48(37(6)41(57)32-42(39)58)35(4)29-38-18-19-43(44(31-38)64-8)67-47(59)17-14-20-55-24-22-54(7)23-25-55/h11,27,29,33-34,36-38,40-41,43-46,48-49,57,63H,1,12-26,28,30-32H2,2-10H3/b35-29?,39-27+/t33?,34-,36+,37+,38-,40?,41-,43+,44+,45-,46-,48+,49+,53+/m0/s1. The normalized spacial score (nSPS) is 37.7. The maximum Gasteiger partial charge on any atom is 0.329 e. The Kier molecular flexibility index (Phi) is 21.6. The number of ketones is 2. The molecule has 1 aliphatic carbocycles. The van der Waals surface area contributed by atoms with E-state index in [9.17, 15) is 34.2 Å². The number of aliphatic hydroxyl groups excluding tert-OH is 1. The third-order valence-electron chi connectivity index (χ3n) is 15.6. The fourth-order valence-corrected chi connectivity index (χ4v) is 11.3. The van der Waals surface area contributed by atoms with Crippen LogP contribution in [0.2, 0.25) is 0 Å². The second-order valence-corrected chi connectivity index (χ2v) is 21.0. The summed E-state index contributed by atoms with van der Waals surface area (Å²) in [5.74, 6) is -7.74. The minimum atomic E-state index is -2.53. The first kappa shape index (κ1) is 56.6. The third kappa shape index (κ3) is 14.9. The first-order chi connectivity index (χ1) is 32.8. The Morgan fingerprint density at radius 3 is 2.23 bits per heavy atom. The van der Waals surface area contributed by atoms with Crippen molar-refractivity contribution in [1.82, 2.24) is 14.7 Å². The number of carbonyl (C=O) groups excluding carboxylic acids is 5. The van der Waals surface area contributed by atoms with E-state index in [1.165, 1.54) is 19.1 Å². The molecule has 14 atom stereocenters. The Balaban J connectivity index is 1.41. The molecule has 4 aliphatic heterocycles. The largest absolute Gasteiger partial charge is 0.460 e. The molecule has 3 saturated heterocycles. The van der Waals surface area contributed by atoms with E-state index >= 15 is 0 Å². The van der Waals surface area contributed by atoms with Crippen molar-refractivity contribution < 1.29 is 62.6 Å². The number of piperidine rings is 1. The molecule has 4 fully saturated rings. The number of amides is 1. The molecule has 16 heteroatoms. The van der Waals surface area contributed by atoms with Gasteiger partial charge < -0.3 is 53.3 Å². The van der Waals surface area contributed by atoms with Crippen molar-refractivity contribution in [3.63, 3.8) is 0 Å². The van der Waals surface area contributed by atoms with Crippen LogP contribution in [-0.4, -0.2) is 177 Å². The summed E-state index contributed by atoms with van der Waals surface area (Å²) in [4.78, 5) is 76.3. The minimum absolute atomic E-state index is 0.0196. The van der Waals surface area contributed by atoms with Crippen LogP contribution in [0.3, 0.4) is 0 Å². The number of carbonyl (C=O) groups is 5. The van der Waals surface area contributed by atoms with Crippen LogP contribution < -0.4 is 0 Å². The number of methoxy groups -OCH3 is 3. The van der Waals surface area contributed by atoms with Gasteiger partial charge in [0.25, 0.3) is 11.7 Å². The molecule has 2 unspecified atom stereocenters. The fourth-order valence-electron chi connectivity index (χ4n) is 11.3. The van der Waals surface area contributed by atoms with Gasteiger partial charge >= 0.3 is 11.9 Å². The predicted molar refractivity (Wildman–Crippen MR) is 260 cm³/mol. The lowest BCUT2D eigenvalue weighted by Gasteiger charge is -2.47. The molecule has 5 aliphatic rings. The molecule has 69 heavy (non-hydrogen) atoms. The lowest BCUT2D eigenvalue weighted by Crippen LogP contribution is -2.64. The van der Waals surface area contributed by atoms with Crippen molar-refractivity contribution in [2.24, 2.45) is 29.6 Å². The Morgan fingerprint density at radius 2 is 1.57 bits per heavy atom. The molecule has 2 N–H and O–H groups in total. The number of aliphatic hydroxyl groups is 2.